The molecule has 15 heteroatoms. The number of fused-ring (bicyclic) bond motifs is 1. The van der Waals surface area contributed by atoms with Gasteiger partial charge < -0.3 is 31.7 Å². The number of esters is 2. The Labute approximate surface area is 232 Å². The number of urea groups is 1. The quantitative estimate of drug-likeness (QED) is 0.0768. The van der Waals surface area contributed by atoms with Gasteiger partial charge in [0.25, 0.3) is 5.91 Å². The van der Waals surface area contributed by atoms with Crippen molar-refractivity contribution in [2.24, 2.45) is 0 Å². The zero-order valence-electron chi connectivity index (χ0n) is 21.6. The number of alkyl halides is 3. The molecule has 2 saturated heterocycles. The summed E-state index contributed by atoms with van der Waals surface area (Å²) in [5, 5.41) is 11.2. The first kappa shape index (κ1) is 31.0. The molecular formula is C25H32F3N5O6S. The number of benzene rings is 1. The van der Waals surface area contributed by atoms with E-state index in [1.165, 1.54) is 24.3 Å². The van der Waals surface area contributed by atoms with Crippen molar-refractivity contribution in [1.82, 2.24) is 21.3 Å². The molecule has 0 bridgehead atoms. The van der Waals surface area contributed by atoms with Crippen LogP contribution < -0.4 is 27.0 Å². The molecule has 3 rings (SSSR count). The molecule has 2 fully saturated rings. The summed E-state index contributed by atoms with van der Waals surface area (Å²) < 4.78 is 41.5. The SMILES string of the molecule is Nc1ccc(C(=O)NC(CCCCNC(=O)CCCCC2SC[C@@H]3NC(=O)N[C@H]23)C(=O)OC(=O)C(F)(F)F)cc1. The summed E-state index contributed by atoms with van der Waals surface area (Å²) in [4.78, 5) is 59.4. The number of nitrogen functional groups attached to an aromatic ring is 1. The molecular weight excluding hydrogens is 555 g/mol. The number of carbonyl (C=O) groups is 5. The van der Waals surface area contributed by atoms with Crippen molar-refractivity contribution in [3.63, 3.8) is 0 Å². The summed E-state index contributed by atoms with van der Waals surface area (Å²) in [5.41, 5.74) is 6.06. The lowest BCUT2D eigenvalue weighted by molar-refractivity contribution is -0.202. The highest BCUT2D eigenvalue weighted by Crippen LogP contribution is 2.33. The minimum atomic E-state index is -5.37. The number of hydrogen-bond donors (Lipinski definition) is 5. The van der Waals surface area contributed by atoms with Gasteiger partial charge in [0.15, 0.2) is 0 Å². The van der Waals surface area contributed by atoms with Gasteiger partial charge in [-0.05, 0) is 56.4 Å². The Hall–Kier alpha value is -3.49. The van der Waals surface area contributed by atoms with Gasteiger partial charge in [-0.3, -0.25) is 9.59 Å². The molecule has 11 nitrogen and oxygen atoms in total. The molecule has 0 aromatic heterocycles. The van der Waals surface area contributed by atoms with Crippen molar-refractivity contribution in [3.05, 3.63) is 29.8 Å². The lowest BCUT2D eigenvalue weighted by Crippen LogP contribution is -2.44. The fourth-order valence-electron chi connectivity index (χ4n) is 4.41. The van der Waals surface area contributed by atoms with E-state index in [1.807, 2.05) is 11.8 Å². The molecule has 2 aliphatic heterocycles. The highest BCUT2D eigenvalue weighted by molar-refractivity contribution is 8.00. The van der Waals surface area contributed by atoms with Crippen LogP contribution in [0, 0.1) is 0 Å². The van der Waals surface area contributed by atoms with E-state index in [2.05, 4.69) is 26.0 Å². The maximum Gasteiger partial charge on any atom is 0.491 e. The topological polar surface area (TPSA) is 169 Å². The highest BCUT2D eigenvalue weighted by atomic mass is 32.2. The number of hydrogen-bond acceptors (Lipinski definition) is 8. The lowest BCUT2D eigenvalue weighted by atomic mass is 10.0. The van der Waals surface area contributed by atoms with Gasteiger partial charge in [0.05, 0.1) is 12.1 Å². The minimum Gasteiger partial charge on any atom is -0.399 e. The first-order chi connectivity index (χ1) is 18.9. The first-order valence-electron chi connectivity index (χ1n) is 12.9. The van der Waals surface area contributed by atoms with Gasteiger partial charge >= 0.3 is 24.1 Å². The van der Waals surface area contributed by atoms with Crippen LogP contribution >= 0.6 is 11.8 Å². The number of ether oxygens (including phenoxy) is 1. The van der Waals surface area contributed by atoms with Crippen molar-refractivity contribution in [3.8, 4) is 0 Å². The van der Waals surface area contributed by atoms with Crippen LogP contribution in [0.15, 0.2) is 24.3 Å². The van der Waals surface area contributed by atoms with Crippen LogP contribution in [-0.2, 0) is 19.1 Å². The largest absolute Gasteiger partial charge is 0.491 e. The van der Waals surface area contributed by atoms with Crippen molar-refractivity contribution in [1.29, 1.82) is 0 Å². The van der Waals surface area contributed by atoms with Gasteiger partial charge in [-0.1, -0.05) is 6.42 Å². The fraction of sp³-hybridized carbons (Fsp3) is 0.560. The van der Waals surface area contributed by atoms with Gasteiger partial charge in [0, 0.05) is 35.2 Å². The molecule has 6 N–H and O–H groups in total. The predicted octanol–water partition coefficient (Wildman–Crippen LogP) is 2.01. The van der Waals surface area contributed by atoms with Gasteiger partial charge in [0.1, 0.15) is 6.04 Å². The van der Waals surface area contributed by atoms with E-state index >= 15 is 0 Å². The van der Waals surface area contributed by atoms with Gasteiger partial charge in [0.2, 0.25) is 5.91 Å². The third kappa shape index (κ3) is 9.31. The Bertz CT molecular complexity index is 1090. The van der Waals surface area contributed by atoms with E-state index in [9.17, 15) is 37.1 Å². The Morgan fingerprint density at radius 2 is 1.80 bits per heavy atom. The van der Waals surface area contributed by atoms with Gasteiger partial charge in [-0.25, -0.2) is 14.4 Å². The van der Waals surface area contributed by atoms with Crippen molar-refractivity contribution in [2.45, 2.75) is 74.5 Å². The number of anilines is 1. The van der Waals surface area contributed by atoms with Crippen molar-refractivity contribution >= 4 is 47.2 Å². The van der Waals surface area contributed by atoms with Gasteiger partial charge in [-0.2, -0.15) is 24.9 Å². The maximum atomic E-state index is 12.5. The van der Waals surface area contributed by atoms with E-state index in [0.29, 0.717) is 30.2 Å². The maximum absolute atomic E-state index is 12.5. The van der Waals surface area contributed by atoms with Crippen LogP contribution in [0.4, 0.5) is 23.7 Å². The Morgan fingerprint density at radius 1 is 1.07 bits per heavy atom. The molecule has 1 aromatic rings. The van der Waals surface area contributed by atoms with E-state index in [1.54, 1.807) is 0 Å². The fourth-order valence-corrected chi connectivity index (χ4v) is 5.95. The van der Waals surface area contributed by atoms with Crippen molar-refractivity contribution < 1.29 is 41.9 Å². The average Bonchev–Trinajstić information content (AvgIpc) is 3.44. The molecule has 40 heavy (non-hydrogen) atoms. The molecule has 0 radical (unpaired) electrons. The Balaban J connectivity index is 1.37. The second-order valence-corrected chi connectivity index (χ2v) is 10.8. The minimum absolute atomic E-state index is 0.109. The smallest absolute Gasteiger partial charge is 0.399 e. The average molecular weight is 588 g/mol. The molecule has 0 aliphatic carbocycles. The van der Waals surface area contributed by atoms with Gasteiger partial charge in [-0.15, -0.1) is 0 Å². The number of nitrogens with two attached hydrogens (primary N) is 1. The lowest BCUT2D eigenvalue weighted by Gasteiger charge is -2.18. The first-order valence-corrected chi connectivity index (χ1v) is 13.9. The summed E-state index contributed by atoms with van der Waals surface area (Å²) in [7, 11) is 0. The molecule has 2 heterocycles. The molecule has 2 aliphatic rings. The Morgan fingerprint density at radius 3 is 2.50 bits per heavy atom. The summed E-state index contributed by atoms with van der Waals surface area (Å²) in [6.07, 6.45) is -2.16. The third-order valence-corrected chi connectivity index (χ3v) is 8.02. The number of amides is 4. The standard InChI is InChI=1S/C25H32F3N5O6S/c26-25(27,28)23(37)39-22(36)16(31-21(35)14-8-10-15(29)11-9-14)5-3-4-12-30-19(34)7-2-1-6-18-20-17(13-40-18)32-24(38)33-20/h8-11,16-18,20H,1-7,12-13,29H2,(H,30,34)(H,31,35)(H2,32,33,38)/t16?,17-,18?,20-/m0/s1. The molecule has 0 spiro atoms. The summed E-state index contributed by atoms with van der Waals surface area (Å²) in [6, 6.07) is 4.24. The summed E-state index contributed by atoms with van der Waals surface area (Å²) in [6.45, 7) is 0.258. The van der Waals surface area contributed by atoms with Crippen LogP contribution in [0.3, 0.4) is 0 Å². The van der Waals surface area contributed by atoms with E-state index in [-0.39, 0.29) is 49.0 Å². The summed E-state index contributed by atoms with van der Waals surface area (Å²) >= 11 is 1.81. The second kappa shape index (κ2) is 14.2. The van der Waals surface area contributed by atoms with Crippen LogP contribution in [0.25, 0.3) is 0 Å². The van der Waals surface area contributed by atoms with E-state index in [4.69, 9.17) is 5.73 Å². The predicted molar refractivity (Wildman–Crippen MR) is 140 cm³/mol. The van der Waals surface area contributed by atoms with Crippen LogP contribution in [-0.4, -0.2) is 71.6 Å². The monoisotopic (exact) mass is 587 g/mol. The third-order valence-electron chi connectivity index (χ3n) is 6.51. The highest BCUT2D eigenvalue weighted by Gasteiger charge is 2.44. The Kier molecular flexibility index (Phi) is 11.0. The number of thioether (sulfide) groups is 1. The second-order valence-electron chi connectivity index (χ2n) is 9.57. The molecule has 4 atom stereocenters. The number of halogens is 3. The zero-order valence-corrected chi connectivity index (χ0v) is 22.4. The number of carbonyl (C=O) groups excluding carboxylic acids is 5. The van der Waals surface area contributed by atoms with E-state index in [0.717, 1.165) is 18.6 Å². The number of rotatable bonds is 13. The van der Waals surface area contributed by atoms with Crippen LogP contribution in [0.2, 0.25) is 0 Å². The molecule has 2 unspecified atom stereocenters. The molecule has 1 aromatic carbocycles. The zero-order chi connectivity index (χ0) is 29.3. The molecule has 0 saturated carbocycles. The van der Waals surface area contributed by atoms with Crippen LogP contribution in [0.1, 0.15) is 55.3 Å². The van der Waals surface area contributed by atoms with Crippen molar-refractivity contribution in [2.75, 3.05) is 18.0 Å². The number of unbranched alkanes of at least 4 members (excludes halogenated alkanes) is 2. The molecule has 220 valence electrons. The summed E-state index contributed by atoms with van der Waals surface area (Å²) in [5.74, 6) is -4.25. The molecule has 4 amide bonds. The van der Waals surface area contributed by atoms with E-state index < -0.39 is 30.1 Å². The normalized spacial score (nSPS) is 20.6. The number of nitrogens with one attached hydrogen (secondary N) is 4. The van der Waals surface area contributed by atoms with Crippen LogP contribution in [0.5, 0.6) is 0 Å².